The van der Waals surface area contributed by atoms with Gasteiger partial charge in [0, 0.05) is 19.6 Å². The Morgan fingerprint density at radius 3 is 2.25 bits per heavy atom. The highest BCUT2D eigenvalue weighted by Gasteiger charge is 2.25. The highest BCUT2D eigenvalue weighted by Crippen LogP contribution is 2.24. The zero-order valence-corrected chi connectivity index (χ0v) is 12.3. The van der Waals surface area contributed by atoms with Crippen molar-refractivity contribution in [1.82, 2.24) is 10.2 Å². The van der Waals surface area contributed by atoms with Gasteiger partial charge in [0.05, 0.1) is 0 Å². The van der Waals surface area contributed by atoms with Gasteiger partial charge in [0.2, 0.25) is 0 Å². The number of hydrogen-bond donors (Lipinski definition) is 1. The van der Waals surface area contributed by atoms with Gasteiger partial charge in [-0.25, -0.2) is 0 Å². The number of nitrogens with one attached hydrogen (secondary N) is 1. The van der Waals surface area contributed by atoms with Gasteiger partial charge in [-0.1, -0.05) is 41.0 Å². The first-order valence-corrected chi connectivity index (χ1v) is 6.84. The van der Waals surface area contributed by atoms with Crippen molar-refractivity contribution in [3.05, 3.63) is 0 Å². The Hall–Kier alpha value is -0.0800. The molecule has 1 atom stereocenters. The zero-order chi connectivity index (χ0) is 12.6. The fraction of sp³-hybridized carbons (Fsp3) is 1.00. The fourth-order valence-corrected chi connectivity index (χ4v) is 2.62. The van der Waals surface area contributed by atoms with Crippen molar-refractivity contribution in [3.63, 3.8) is 0 Å². The van der Waals surface area contributed by atoms with Crippen LogP contribution in [-0.2, 0) is 0 Å². The summed E-state index contributed by atoms with van der Waals surface area (Å²) in [6.07, 6.45) is 2.58. The maximum Gasteiger partial charge on any atom is 0.00475 e. The van der Waals surface area contributed by atoms with Crippen LogP contribution in [0.5, 0.6) is 0 Å². The minimum atomic E-state index is 0.425. The second-order valence-electron chi connectivity index (χ2n) is 5.81. The first kappa shape index (κ1) is 15.9. The van der Waals surface area contributed by atoms with Crippen molar-refractivity contribution in [2.45, 2.75) is 47.5 Å². The molecule has 0 amide bonds. The summed E-state index contributed by atoms with van der Waals surface area (Å²) in [4.78, 5) is 2.59. The average molecular weight is 228 g/mol. The van der Waals surface area contributed by atoms with Crippen molar-refractivity contribution >= 4 is 0 Å². The summed E-state index contributed by atoms with van der Waals surface area (Å²) in [5.74, 6) is 0.764. The van der Waals surface area contributed by atoms with Crippen molar-refractivity contribution in [1.29, 1.82) is 0 Å². The summed E-state index contributed by atoms with van der Waals surface area (Å²) >= 11 is 0. The molecule has 0 fully saturated rings. The lowest BCUT2D eigenvalue weighted by molar-refractivity contribution is 0.145. The first-order valence-electron chi connectivity index (χ1n) is 6.84. The summed E-state index contributed by atoms with van der Waals surface area (Å²) in [5.41, 5.74) is 0.425. The first-order chi connectivity index (χ1) is 7.47. The maximum absolute atomic E-state index is 3.35. The Kier molecular flexibility index (Phi) is 8.04. The standard InChI is InChI=1S/C14H32N2/c1-7-9-14(5,11-15-6)12-16(8-2)10-13(3)4/h13,15H,7-12H2,1-6H3. The van der Waals surface area contributed by atoms with Gasteiger partial charge in [-0.15, -0.1) is 0 Å². The molecule has 0 aromatic rings. The molecule has 0 spiro atoms. The number of hydrogen-bond acceptors (Lipinski definition) is 2. The van der Waals surface area contributed by atoms with Crippen LogP contribution in [0, 0.1) is 11.3 Å². The van der Waals surface area contributed by atoms with Crippen molar-refractivity contribution in [3.8, 4) is 0 Å². The second kappa shape index (κ2) is 8.08. The van der Waals surface area contributed by atoms with E-state index in [2.05, 4.69) is 51.9 Å². The van der Waals surface area contributed by atoms with Gasteiger partial charge in [0.25, 0.3) is 0 Å². The van der Waals surface area contributed by atoms with Crippen LogP contribution in [0.3, 0.4) is 0 Å². The molecule has 0 rings (SSSR count). The van der Waals surface area contributed by atoms with E-state index in [1.807, 2.05) is 0 Å². The van der Waals surface area contributed by atoms with E-state index in [9.17, 15) is 0 Å². The molecule has 0 radical (unpaired) electrons. The molecule has 0 aromatic carbocycles. The monoisotopic (exact) mass is 228 g/mol. The fourth-order valence-electron chi connectivity index (χ4n) is 2.62. The highest BCUT2D eigenvalue weighted by molar-refractivity contribution is 4.80. The zero-order valence-electron chi connectivity index (χ0n) is 12.3. The third-order valence-electron chi connectivity index (χ3n) is 3.13. The molecule has 0 heterocycles. The highest BCUT2D eigenvalue weighted by atomic mass is 15.1. The maximum atomic E-state index is 3.35. The summed E-state index contributed by atoms with van der Waals surface area (Å²) in [6, 6.07) is 0. The largest absolute Gasteiger partial charge is 0.319 e. The molecular formula is C14H32N2. The second-order valence-corrected chi connectivity index (χ2v) is 5.81. The van der Waals surface area contributed by atoms with Gasteiger partial charge < -0.3 is 10.2 Å². The lowest BCUT2D eigenvalue weighted by Gasteiger charge is -2.36. The number of rotatable bonds is 9. The molecule has 0 aliphatic heterocycles. The van der Waals surface area contributed by atoms with E-state index in [-0.39, 0.29) is 0 Å². The summed E-state index contributed by atoms with van der Waals surface area (Å²) in [5, 5.41) is 3.35. The molecule has 0 aromatic heterocycles. The van der Waals surface area contributed by atoms with Crippen molar-refractivity contribution < 1.29 is 0 Å². The molecule has 1 N–H and O–H groups in total. The van der Waals surface area contributed by atoms with Crippen LogP contribution in [-0.4, -0.2) is 38.1 Å². The van der Waals surface area contributed by atoms with E-state index < -0.39 is 0 Å². The van der Waals surface area contributed by atoms with E-state index in [4.69, 9.17) is 0 Å². The van der Waals surface area contributed by atoms with Gasteiger partial charge in [0.1, 0.15) is 0 Å². The molecule has 2 heteroatoms. The Balaban J connectivity index is 4.32. The topological polar surface area (TPSA) is 15.3 Å². The molecule has 16 heavy (non-hydrogen) atoms. The minimum Gasteiger partial charge on any atom is -0.319 e. The molecule has 0 aliphatic rings. The predicted molar refractivity (Wildman–Crippen MR) is 73.9 cm³/mol. The molecule has 98 valence electrons. The Labute approximate surface area is 103 Å². The third-order valence-corrected chi connectivity index (χ3v) is 3.13. The molecule has 1 unspecified atom stereocenters. The average Bonchev–Trinajstić information content (AvgIpc) is 2.16. The Morgan fingerprint density at radius 2 is 1.88 bits per heavy atom. The van der Waals surface area contributed by atoms with Gasteiger partial charge in [-0.05, 0) is 31.3 Å². The van der Waals surface area contributed by atoms with Crippen LogP contribution in [0.25, 0.3) is 0 Å². The lowest BCUT2D eigenvalue weighted by Crippen LogP contribution is -2.42. The summed E-state index contributed by atoms with van der Waals surface area (Å²) in [7, 11) is 2.06. The predicted octanol–water partition coefficient (Wildman–Crippen LogP) is 2.99. The van der Waals surface area contributed by atoms with Gasteiger partial charge in [-0.2, -0.15) is 0 Å². The molecule has 0 aliphatic carbocycles. The minimum absolute atomic E-state index is 0.425. The smallest absolute Gasteiger partial charge is 0.00475 e. The SMILES string of the molecule is CCCC(C)(CNC)CN(CC)CC(C)C. The van der Waals surface area contributed by atoms with E-state index in [1.54, 1.807) is 0 Å². The Morgan fingerprint density at radius 1 is 1.25 bits per heavy atom. The molecule has 0 bridgehead atoms. The van der Waals surface area contributed by atoms with Gasteiger partial charge >= 0.3 is 0 Å². The van der Waals surface area contributed by atoms with Gasteiger partial charge in [-0.3, -0.25) is 0 Å². The van der Waals surface area contributed by atoms with E-state index >= 15 is 0 Å². The van der Waals surface area contributed by atoms with Crippen LogP contribution in [0.1, 0.15) is 47.5 Å². The van der Waals surface area contributed by atoms with Gasteiger partial charge in [0.15, 0.2) is 0 Å². The quantitative estimate of drug-likeness (QED) is 0.652. The molecular weight excluding hydrogens is 196 g/mol. The van der Waals surface area contributed by atoms with E-state index in [0.29, 0.717) is 5.41 Å². The van der Waals surface area contributed by atoms with Crippen molar-refractivity contribution in [2.24, 2.45) is 11.3 Å². The van der Waals surface area contributed by atoms with Crippen LogP contribution >= 0.6 is 0 Å². The van der Waals surface area contributed by atoms with E-state index in [1.165, 1.54) is 32.5 Å². The molecule has 0 saturated carbocycles. The van der Waals surface area contributed by atoms with E-state index in [0.717, 1.165) is 12.5 Å². The normalized spacial score (nSPS) is 15.8. The molecule has 0 saturated heterocycles. The van der Waals surface area contributed by atoms with Crippen molar-refractivity contribution in [2.75, 3.05) is 33.2 Å². The molecule has 2 nitrogen and oxygen atoms in total. The lowest BCUT2D eigenvalue weighted by atomic mass is 9.84. The third kappa shape index (κ3) is 6.49. The summed E-state index contributed by atoms with van der Waals surface area (Å²) in [6.45, 7) is 16.3. The van der Waals surface area contributed by atoms with Crippen LogP contribution < -0.4 is 5.32 Å². The van der Waals surface area contributed by atoms with Crippen LogP contribution in [0.2, 0.25) is 0 Å². The Bertz CT molecular complexity index is 160. The number of nitrogens with zero attached hydrogens (tertiary/aromatic N) is 1. The summed E-state index contributed by atoms with van der Waals surface area (Å²) < 4.78 is 0. The van der Waals surface area contributed by atoms with Crippen LogP contribution in [0.4, 0.5) is 0 Å². The van der Waals surface area contributed by atoms with Crippen LogP contribution in [0.15, 0.2) is 0 Å².